The number of aromatic nitrogens is 1. The van der Waals surface area contributed by atoms with Crippen molar-refractivity contribution in [1.82, 2.24) is 10.3 Å². The Kier molecular flexibility index (Phi) is 4.14. The van der Waals surface area contributed by atoms with Gasteiger partial charge < -0.3 is 5.32 Å². The molecule has 0 bridgehead atoms. The quantitative estimate of drug-likeness (QED) is 0.911. The van der Waals surface area contributed by atoms with Crippen LogP contribution in [0.4, 0.5) is 0 Å². The van der Waals surface area contributed by atoms with Crippen molar-refractivity contribution in [1.29, 1.82) is 0 Å². The van der Waals surface area contributed by atoms with Crippen molar-refractivity contribution in [3.63, 3.8) is 0 Å². The molecular weight excluding hydrogens is 268 g/mol. The minimum Gasteiger partial charge on any atom is -0.316 e. The summed E-state index contributed by atoms with van der Waals surface area (Å²) >= 11 is 6.40. The second-order valence-electron chi connectivity index (χ2n) is 4.96. The van der Waals surface area contributed by atoms with Gasteiger partial charge in [-0.15, -0.1) is 0 Å². The summed E-state index contributed by atoms with van der Waals surface area (Å²) in [6.07, 6.45) is 9.94. The molecule has 3 rings (SSSR count). The third-order valence-corrected chi connectivity index (χ3v) is 4.00. The van der Waals surface area contributed by atoms with Crippen molar-refractivity contribution >= 4 is 23.8 Å². The fraction of sp³-hybridized carbons (Fsp3) is 0.235. The van der Waals surface area contributed by atoms with Crippen LogP contribution in [0.1, 0.15) is 22.3 Å². The van der Waals surface area contributed by atoms with E-state index >= 15 is 0 Å². The molecule has 0 fully saturated rings. The highest BCUT2D eigenvalue weighted by molar-refractivity contribution is 6.32. The van der Waals surface area contributed by atoms with Crippen LogP contribution in [0.2, 0.25) is 5.02 Å². The Morgan fingerprint density at radius 1 is 1.00 bits per heavy atom. The van der Waals surface area contributed by atoms with Crippen LogP contribution in [0.5, 0.6) is 0 Å². The van der Waals surface area contributed by atoms with Crippen LogP contribution in [0.25, 0.3) is 12.2 Å². The molecule has 102 valence electrons. The molecule has 0 radical (unpaired) electrons. The SMILES string of the molecule is Clc1ccc2c(c1C=Cc1ccncc1)CCNCC2. The summed E-state index contributed by atoms with van der Waals surface area (Å²) < 4.78 is 0. The van der Waals surface area contributed by atoms with E-state index in [9.17, 15) is 0 Å². The second-order valence-corrected chi connectivity index (χ2v) is 5.37. The normalized spacial score (nSPS) is 15.1. The standard InChI is InChI=1S/C17H17ClN2/c18-17-4-2-14-7-11-20-12-8-15(14)16(17)3-1-13-5-9-19-10-6-13/h1-6,9-10,20H,7-8,11-12H2. The molecule has 0 unspecified atom stereocenters. The minimum atomic E-state index is 0.830. The topological polar surface area (TPSA) is 24.9 Å². The van der Waals surface area contributed by atoms with Gasteiger partial charge >= 0.3 is 0 Å². The molecule has 0 spiro atoms. The predicted octanol–water partition coefficient (Wildman–Crippen LogP) is 3.59. The van der Waals surface area contributed by atoms with Gasteiger partial charge in [0.1, 0.15) is 0 Å². The molecule has 2 aromatic rings. The van der Waals surface area contributed by atoms with Crippen molar-refractivity contribution in [3.8, 4) is 0 Å². The van der Waals surface area contributed by atoms with Gasteiger partial charge in [-0.1, -0.05) is 29.8 Å². The molecule has 3 heteroatoms. The number of nitrogens with one attached hydrogen (secondary N) is 1. The fourth-order valence-electron chi connectivity index (χ4n) is 2.61. The molecule has 0 saturated carbocycles. The molecule has 1 aliphatic rings. The first-order valence-electron chi connectivity index (χ1n) is 6.93. The molecule has 0 atom stereocenters. The number of fused-ring (bicyclic) bond motifs is 1. The van der Waals surface area contributed by atoms with Crippen molar-refractivity contribution < 1.29 is 0 Å². The van der Waals surface area contributed by atoms with Gasteiger partial charge in [-0.05, 0) is 66.4 Å². The number of nitrogens with zero attached hydrogens (tertiary/aromatic N) is 1. The van der Waals surface area contributed by atoms with Crippen LogP contribution in [0, 0.1) is 0 Å². The van der Waals surface area contributed by atoms with E-state index < -0.39 is 0 Å². The highest BCUT2D eigenvalue weighted by Gasteiger charge is 2.12. The molecule has 1 N–H and O–H groups in total. The Bertz CT molecular complexity index is 620. The van der Waals surface area contributed by atoms with Crippen LogP contribution in [0.15, 0.2) is 36.7 Å². The van der Waals surface area contributed by atoms with E-state index in [1.54, 1.807) is 12.4 Å². The molecule has 1 aromatic heterocycles. The van der Waals surface area contributed by atoms with Crippen molar-refractivity contribution in [2.45, 2.75) is 12.8 Å². The molecule has 20 heavy (non-hydrogen) atoms. The van der Waals surface area contributed by atoms with Gasteiger partial charge in [0.25, 0.3) is 0 Å². The lowest BCUT2D eigenvalue weighted by atomic mass is 9.96. The van der Waals surface area contributed by atoms with E-state index in [0.29, 0.717) is 0 Å². The molecule has 0 amide bonds. The summed E-state index contributed by atoms with van der Waals surface area (Å²) in [4.78, 5) is 4.03. The minimum absolute atomic E-state index is 0.830. The molecule has 0 saturated heterocycles. The summed E-state index contributed by atoms with van der Waals surface area (Å²) in [5, 5.41) is 4.27. The fourth-order valence-corrected chi connectivity index (χ4v) is 2.85. The maximum Gasteiger partial charge on any atom is 0.0481 e. The van der Waals surface area contributed by atoms with Crippen LogP contribution in [0.3, 0.4) is 0 Å². The number of pyridine rings is 1. The van der Waals surface area contributed by atoms with Crippen LogP contribution < -0.4 is 5.32 Å². The zero-order valence-electron chi connectivity index (χ0n) is 11.3. The summed E-state index contributed by atoms with van der Waals surface area (Å²) in [7, 11) is 0. The number of hydrogen-bond donors (Lipinski definition) is 1. The molecular formula is C17H17ClN2. The Balaban J connectivity index is 1.98. The van der Waals surface area contributed by atoms with Gasteiger partial charge in [0.05, 0.1) is 0 Å². The molecule has 1 aromatic carbocycles. The Morgan fingerprint density at radius 3 is 2.65 bits per heavy atom. The first-order chi connectivity index (χ1) is 9.84. The first-order valence-corrected chi connectivity index (χ1v) is 7.31. The van der Waals surface area contributed by atoms with Gasteiger partial charge in [-0.3, -0.25) is 4.98 Å². The molecule has 2 nitrogen and oxygen atoms in total. The molecule has 0 aliphatic carbocycles. The largest absolute Gasteiger partial charge is 0.316 e. The van der Waals surface area contributed by atoms with Gasteiger partial charge in [0, 0.05) is 17.4 Å². The lowest BCUT2D eigenvalue weighted by molar-refractivity contribution is 0.711. The van der Waals surface area contributed by atoms with Gasteiger partial charge in [0.2, 0.25) is 0 Å². The number of rotatable bonds is 2. The lowest BCUT2D eigenvalue weighted by Gasteiger charge is -2.11. The van der Waals surface area contributed by atoms with Gasteiger partial charge in [0.15, 0.2) is 0 Å². The third kappa shape index (κ3) is 2.92. The van der Waals surface area contributed by atoms with Crippen molar-refractivity contribution in [3.05, 3.63) is 63.9 Å². The van der Waals surface area contributed by atoms with E-state index in [1.165, 1.54) is 11.1 Å². The number of halogens is 1. The molecule has 2 heterocycles. The summed E-state index contributed by atoms with van der Waals surface area (Å²) in [6.45, 7) is 2.06. The van der Waals surface area contributed by atoms with Gasteiger partial charge in [-0.2, -0.15) is 0 Å². The van der Waals surface area contributed by atoms with Crippen molar-refractivity contribution in [2.24, 2.45) is 0 Å². The Labute approximate surface area is 124 Å². The van der Waals surface area contributed by atoms with E-state index in [4.69, 9.17) is 11.6 Å². The summed E-state index contributed by atoms with van der Waals surface area (Å²) in [6, 6.07) is 8.16. The Morgan fingerprint density at radius 2 is 1.80 bits per heavy atom. The van der Waals surface area contributed by atoms with E-state index in [1.807, 2.05) is 18.2 Å². The average molecular weight is 285 g/mol. The van der Waals surface area contributed by atoms with Gasteiger partial charge in [-0.25, -0.2) is 0 Å². The molecule has 1 aliphatic heterocycles. The smallest absolute Gasteiger partial charge is 0.0481 e. The van der Waals surface area contributed by atoms with E-state index in [-0.39, 0.29) is 0 Å². The van der Waals surface area contributed by atoms with Crippen molar-refractivity contribution in [2.75, 3.05) is 13.1 Å². The van der Waals surface area contributed by atoms with Crippen LogP contribution in [-0.4, -0.2) is 18.1 Å². The zero-order valence-corrected chi connectivity index (χ0v) is 12.0. The number of benzene rings is 1. The highest BCUT2D eigenvalue weighted by Crippen LogP contribution is 2.27. The number of hydrogen-bond acceptors (Lipinski definition) is 2. The second kappa shape index (κ2) is 6.21. The predicted molar refractivity (Wildman–Crippen MR) is 84.9 cm³/mol. The van der Waals surface area contributed by atoms with E-state index in [2.05, 4.69) is 28.5 Å². The summed E-state index contributed by atoms with van der Waals surface area (Å²) in [5.74, 6) is 0. The monoisotopic (exact) mass is 284 g/mol. The first kappa shape index (κ1) is 13.3. The highest BCUT2D eigenvalue weighted by atomic mass is 35.5. The van der Waals surface area contributed by atoms with Crippen LogP contribution >= 0.6 is 11.6 Å². The Hall–Kier alpha value is -1.64. The van der Waals surface area contributed by atoms with Crippen LogP contribution in [-0.2, 0) is 12.8 Å². The zero-order chi connectivity index (χ0) is 13.8. The lowest BCUT2D eigenvalue weighted by Crippen LogP contribution is -2.16. The third-order valence-electron chi connectivity index (χ3n) is 3.67. The average Bonchev–Trinajstić information content (AvgIpc) is 2.73. The summed E-state index contributed by atoms with van der Waals surface area (Å²) in [5.41, 5.74) is 5.09. The maximum atomic E-state index is 6.40. The maximum absolute atomic E-state index is 6.40. The van der Waals surface area contributed by atoms with E-state index in [0.717, 1.165) is 42.1 Å².